The molecule has 106 valence electrons. The molecular formula is C22H18. The van der Waals surface area contributed by atoms with Crippen molar-refractivity contribution < 1.29 is 0 Å². The monoisotopic (exact) mass is 282 g/mol. The molecule has 0 saturated carbocycles. The van der Waals surface area contributed by atoms with Gasteiger partial charge in [0.1, 0.15) is 0 Å². The summed E-state index contributed by atoms with van der Waals surface area (Å²) in [6.07, 6.45) is 5.73. The van der Waals surface area contributed by atoms with Gasteiger partial charge >= 0.3 is 0 Å². The Labute approximate surface area is 131 Å². The van der Waals surface area contributed by atoms with Crippen LogP contribution in [0.4, 0.5) is 0 Å². The summed E-state index contributed by atoms with van der Waals surface area (Å²) in [5.74, 6) is 0. The van der Waals surface area contributed by atoms with E-state index < -0.39 is 0 Å². The second kappa shape index (κ2) is 5.87. The minimum Gasteiger partial charge on any atom is -0.0984 e. The van der Waals surface area contributed by atoms with E-state index in [4.69, 9.17) is 0 Å². The van der Waals surface area contributed by atoms with Crippen molar-refractivity contribution in [2.75, 3.05) is 0 Å². The standard InChI is InChI=1S/C22H18/c1-4-16-11-7-9-13-20(16)22-15-17-12-8-10-14-21(17)18(5-2)19(22)6-3/h4-15H,1-3H2. The topological polar surface area (TPSA) is 0 Å². The molecule has 0 fully saturated rings. The highest BCUT2D eigenvalue weighted by Gasteiger charge is 2.12. The Morgan fingerprint density at radius 3 is 2.05 bits per heavy atom. The summed E-state index contributed by atoms with van der Waals surface area (Å²) in [5.41, 5.74) is 5.70. The number of benzene rings is 3. The first-order valence-corrected chi connectivity index (χ1v) is 7.32. The molecule has 0 N–H and O–H groups in total. The Morgan fingerprint density at radius 1 is 0.636 bits per heavy atom. The van der Waals surface area contributed by atoms with Crippen LogP contribution in [0.5, 0.6) is 0 Å². The van der Waals surface area contributed by atoms with Crippen molar-refractivity contribution in [2.24, 2.45) is 0 Å². The normalized spacial score (nSPS) is 10.4. The van der Waals surface area contributed by atoms with Gasteiger partial charge in [0, 0.05) is 0 Å². The second-order valence-electron chi connectivity index (χ2n) is 5.17. The van der Waals surface area contributed by atoms with Gasteiger partial charge in [-0.15, -0.1) is 0 Å². The molecule has 3 rings (SSSR count). The minimum atomic E-state index is 1.11. The van der Waals surface area contributed by atoms with Crippen LogP contribution in [0.15, 0.2) is 74.3 Å². The zero-order chi connectivity index (χ0) is 15.5. The molecular weight excluding hydrogens is 264 g/mol. The summed E-state index contributed by atoms with van der Waals surface area (Å²) < 4.78 is 0. The Bertz CT molecular complexity index is 882. The molecule has 0 nitrogen and oxygen atoms in total. The Balaban J connectivity index is 2.46. The zero-order valence-electron chi connectivity index (χ0n) is 12.5. The third-order valence-electron chi connectivity index (χ3n) is 4.01. The Kier molecular flexibility index (Phi) is 3.76. The van der Waals surface area contributed by atoms with Crippen LogP contribution in [-0.2, 0) is 0 Å². The van der Waals surface area contributed by atoms with E-state index in [9.17, 15) is 0 Å². The van der Waals surface area contributed by atoms with Crippen LogP contribution in [0.1, 0.15) is 16.7 Å². The summed E-state index contributed by atoms with van der Waals surface area (Å²) in [6.45, 7) is 11.9. The van der Waals surface area contributed by atoms with Crippen LogP contribution >= 0.6 is 0 Å². The zero-order valence-corrected chi connectivity index (χ0v) is 12.5. The van der Waals surface area contributed by atoms with E-state index in [1.807, 2.05) is 24.3 Å². The molecule has 3 aromatic carbocycles. The third kappa shape index (κ3) is 2.19. The van der Waals surface area contributed by atoms with Crippen LogP contribution in [0.25, 0.3) is 40.1 Å². The van der Waals surface area contributed by atoms with E-state index in [1.165, 1.54) is 21.9 Å². The molecule has 0 aliphatic heterocycles. The molecule has 3 aromatic rings. The molecule has 0 heteroatoms. The molecule has 0 radical (unpaired) electrons. The van der Waals surface area contributed by atoms with Crippen molar-refractivity contribution in [3.63, 3.8) is 0 Å². The summed E-state index contributed by atoms with van der Waals surface area (Å²) in [7, 11) is 0. The maximum absolute atomic E-state index is 4.01. The van der Waals surface area contributed by atoms with Gasteiger partial charge in [-0.25, -0.2) is 0 Å². The van der Waals surface area contributed by atoms with Gasteiger partial charge in [-0.3, -0.25) is 0 Å². The van der Waals surface area contributed by atoms with Gasteiger partial charge in [-0.05, 0) is 44.7 Å². The second-order valence-corrected chi connectivity index (χ2v) is 5.17. The van der Waals surface area contributed by atoms with Crippen molar-refractivity contribution in [2.45, 2.75) is 0 Å². The predicted molar refractivity (Wildman–Crippen MR) is 99.7 cm³/mol. The van der Waals surface area contributed by atoms with Crippen molar-refractivity contribution in [3.05, 3.63) is 91.0 Å². The Morgan fingerprint density at radius 2 is 1.32 bits per heavy atom. The number of hydrogen-bond donors (Lipinski definition) is 0. The smallest absolute Gasteiger partial charge is 0.00932 e. The highest BCUT2D eigenvalue weighted by molar-refractivity contribution is 6.00. The SMILES string of the molecule is C=Cc1ccccc1-c1cc2ccccc2c(C=C)c1C=C. The Hall–Kier alpha value is -2.86. The average molecular weight is 282 g/mol. The van der Waals surface area contributed by atoms with Crippen molar-refractivity contribution in [3.8, 4) is 11.1 Å². The predicted octanol–water partition coefficient (Wildman–Crippen LogP) is 6.44. The average Bonchev–Trinajstić information content (AvgIpc) is 2.59. The van der Waals surface area contributed by atoms with Crippen LogP contribution in [0.3, 0.4) is 0 Å². The molecule has 0 aliphatic carbocycles. The van der Waals surface area contributed by atoms with Crippen LogP contribution < -0.4 is 0 Å². The van der Waals surface area contributed by atoms with Gasteiger partial charge < -0.3 is 0 Å². The van der Waals surface area contributed by atoms with E-state index in [0.717, 1.165) is 16.7 Å². The molecule has 0 amide bonds. The van der Waals surface area contributed by atoms with Crippen LogP contribution in [0, 0.1) is 0 Å². The first kappa shape index (κ1) is 14.1. The number of fused-ring (bicyclic) bond motifs is 1. The lowest BCUT2D eigenvalue weighted by Gasteiger charge is -2.15. The van der Waals surface area contributed by atoms with Gasteiger partial charge in [0.15, 0.2) is 0 Å². The fraction of sp³-hybridized carbons (Fsp3) is 0. The van der Waals surface area contributed by atoms with Crippen LogP contribution in [-0.4, -0.2) is 0 Å². The lowest BCUT2D eigenvalue weighted by molar-refractivity contribution is 1.58. The first-order valence-electron chi connectivity index (χ1n) is 7.32. The minimum absolute atomic E-state index is 1.11. The van der Waals surface area contributed by atoms with Crippen molar-refractivity contribution in [1.29, 1.82) is 0 Å². The van der Waals surface area contributed by atoms with Crippen LogP contribution in [0.2, 0.25) is 0 Å². The van der Waals surface area contributed by atoms with Gasteiger partial charge in [-0.2, -0.15) is 0 Å². The highest BCUT2D eigenvalue weighted by atomic mass is 14.2. The molecule has 0 aliphatic rings. The first-order chi connectivity index (χ1) is 10.8. The molecule has 0 aromatic heterocycles. The molecule has 0 atom stereocenters. The summed E-state index contributed by atoms with van der Waals surface area (Å²) in [6, 6.07) is 18.9. The molecule has 0 unspecified atom stereocenters. The number of rotatable bonds is 4. The fourth-order valence-corrected chi connectivity index (χ4v) is 2.97. The van der Waals surface area contributed by atoms with E-state index in [-0.39, 0.29) is 0 Å². The van der Waals surface area contributed by atoms with Crippen molar-refractivity contribution >= 4 is 29.0 Å². The van der Waals surface area contributed by atoms with Gasteiger partial charge in [0.25, 0.3) is 0 Å². The largest absolute Gasteiger partial charge is 0.0984 e. The van der Waals surface area contributed by atoms with Gasteiger partial charge in [0.2, 0.25) is 0 Å². The van der Waals surface area contributed by atoms with Gasteiger partial charge in [0.05, 0.1) is 0 Å². The fourth-order valence-electron chi connectivity index (χ4n) is 2.97. The maximum Gasteiger partial charge on any atom is -0.00932 e. The van der Waals surface area contributed by atoms with E-state index in [1.54, 1.807) is 0 Å². The third-order valence-corrected chi connectivity index (χ3v) is 4.01. The lowest BCUT2D eigenvalue weighted by Crippen LogP contribution is -1.92. The molecule has 0 bridgehead atoms. The van der Waals surface area contributed by atoms with E-state index >= 15 is 0 Å². The molecule has 0 heterocycles. The number of hydrogen-bond acceptors (Lipinski definition) is 0. The quantitative estimate of drug-likeness (QED) is 0.517. The summed E-state index contributed by atoms with van der Waals surface area (Å²) in [4.78, 5) is 0. The molecule has 0 spiro atoms. The molecule has 0 saturated heterocycles. The molecule has 22 heavy (non-hydrogen) atoms. The maximum atomic E-state index is 4.01. The van der Waals surface area contributed by atoms with Gasteiger partial charge in [-0.1, -0.05) is 86.5 Å². The van der Waals surface area contributed by atoms with Crippen molar-refractivity contribution in [1.82, 2.24) is 0 Å². The lowest BCUT2D eigenvalue weighted by atomic mass is 9.88. The van der Waals surface area contributed by atoms with E-state index in [0.29, 0.717) is 0 Å². The highest BCUT2D eigenvalue weighted by Crippen LogP contribution is 2.36. The summed E-state index contributed by atoms with van der Waals surface area (Å²) in [5, 5.41) is 2.41. The summed E-state index contributed by atoms with van der Waals surface area (Å²) >= 11 is 0. The van der Waals surface area contributed by atoms with E-state index in [2.05, 4.69) is 68.3 Å².